The summed E-state index contributed by atoms with van der Waals surface area (Å²) in [5.74, 6) is -0.168. The lowest BCUT2D eigenvalue weighted by molar-refractivity contribution is -0.385. The van der Waals surface area contributed by atoms with Gasteiger partial charge in [-0.2, -0.15) is 0 Å². The molecule has 1 heterocycles. The number of aliphatic carboxylic acids is 1. The summed E-state index contributed by atoms with van der Waals surface area (Å²) >= 11 is 0. The number of rotatable bonds is 7. The van der Waals surface area contributed by atoms with Gasteiger partial charge in [-0.15, -0.1) is 0 Å². The molecule has 20 heavy (non-hydrogen) atoms. The van der Waals surface area contributed by atoms with Gasteiger partial charge in [-0.05, 0) is 32.8 Å². The number of carbonyl (C=O) groups is 1. The maximum atomic E-state index is 10.7. The van der Waals surface area contributed by atoms with Crippen molar-refractivity contribution in [2.75, 3.05) is 11.4 Å². The third-order valence-electron chi connectivity index (χ3n) is 2.93. The number of pyridine rings is 1. The van der Waals surface area contributed by atoms with E-state index in [2.05, 4.69) is 4.98 Å². The number of anilines is 1. The molecule has 0 aliphatic carbocycles. The highest BCUT2D eigenvalue weighted by atomic mass is 16.6. The molecular weight excluding hydrogens is 262 g/mol. The lowest BCUT2D eigenvalue weighted by Crippen LogP contribution is -2.33. The highest BCUT2D eigenvalue weighted by molar-refractivity contribution is 5.66. The minimum atomic E-state index is -0.831. The van der Waals surface area contributed by atoms with Gasteiger partial charge in [0.2, 0.25) is 0 Å². The predicted octanol–water partition coefficient (Wildman–Crippen LogP) is 2.38. The van der Waals surface area contributed by atoms with Crippen LogP contribution in [0.2, 0.25) is 0 Å². The molecule has 0 aliphatic heterocycles. The van der Waals surface area contributed by atoms with Gasteiger partial charge in [-0.3, -0.25) is 14.9 Å². The minimum Gasteiger partial charge on any atom is -0.481 e. The number of carboxylic acids is 1. The number of nitrogens with zero attached hydrogens (tertiary/aromatic N) is 3. The summed E-state index contributed by atoms with van der Waals surface area (Å²) in [6, 6.07) is 1.62. The van der Waals surface area contributed by atoms with Crippen molar-refractivity contribution in [1.82, 2.24) is 4.98 Å². The van der Waals surface area contributed by atoms with Gasteiger partial charge >= 0.3 is 5.97 Å². The van der Waals surface area contributed by atoms with Crippen LogP contribution < -0.4 is 4.90 Å². The lowest BCUT2D eigenvalue weighted by atomic mass is 10.2. The second-order valence-corrected chi connectivity index (χ2v) is 4.88. The van der Waals surface area contributed by atoms with Crippen molar-refractivity contribution in [2.24, 2.45) is 0 Å². The van der Waals surface area contributed by atoms with Crippen molar-refractivity contribution >= 4 is 17.5 Å². The first-order valence-corrected chi connectivity index (χ1v) is 6.42. The smallest absolute Gasteiger partial charge is 0.303 e. The summed E-state index contributed by atoms with van der Waals surface area (Å²) in [5, 5.41) is 19.4. The zero-order chi connectivity index (χ0) is 15.3. The normalized spacial score (nSPS) is 10.6. The van der Waals surface area contributed by atoms with Gasteiger partial charge in [-0.1, -0.05) is 0 Å². The Balaban J connectivity index is 2.91. The SMILES string of the molecule is Cc1cc([N+](=O)[O-])cnc1N(CCCC(=O)O)C(C)C. The van der Waals surface area contributed by atoms with E-state index in [-0.39, 0.29) is 18.2 Å². The van der Waals surface area contributed by atoms with Gasteiger partial charge in [0.05, 0.1) is 4.92 Å². The van der Waals surface area contributed by atoms with Gasteiger partial charge in [0.1, 0.15) is 12.0 Å². The van der Waals surface area contributed by atoms with Gasteiger partial charge < -0.3 is 10.0 Å². The molecule has 1 rings (SSSR count). The molecule has 1 aromatic heterocycles. The molecule has 7 nitrogen and oxygen atoms in total. The van der Waals surface area contributed by atoms with Crippen LogP contribution in [0.1, 0.15) is 32.3 Å². The van der Waals surface area contributed by atoms with Crippen LogP contribution in [0.5, 0.6) is 0 Å². The molecule has 0 aromatic carbocycles. The van der Waals surface area contributed by atoms with Crippen LogP contribution in [0.25, 0.3) is 0 Å². The highest BCUT2D eigenvalue weighted by Crippen LogP contribution is 2.23. The summed E-state index contributed by atoms with van der Waals surface area (Å²) in [7, 11) is 0. The molecule has 0 saturated carbocycles. The van der Waals surface area contributed by atoms with Crippen LogP contribution in [0.15, 0.2) is 12.3 Å². The van der Waals surface area contributed by atoms with Crippen molar-refractivity contribution in [2.45, 2.75) is 39.7 Å². The predicted molar refractivity (Wildman–Crippen MR) is 75.0 cm³/mol. The zero-order valence-corrected chi connectivity index (χ0v) is 11.9. The Labute approximate surface area is 117 Å². The van der Waals surface area contributed by atoms with E-state index in [9.17, 15) is 14.9 Å². The van der Waals surface area contributed by atoms with Crippen molar-refractivity contribution in [3.8, 4) is 0 Å². The second-order valence-electron chi connectivity index (χ2n) is 4.88. The molecule has 0 bridgehead atoms. The van der Waals surface area contributed by atoms with Crippen molar-refractivity contribution < 1.29 is 14.8 Å². The largest absolute Gasteiger partial charge is 0.481 e. The molecule has 0 fully saturated rings. The standard InChI is InChI=1S/C13H19N3O4/c1-9(2)15(6-4-5-12(17)18)13-10(3)7-11(8-14-13)16(19)20/h7-9H,4-6H2,1-3H3,(H,17,18). The van der Waals surface area contributed by atoms with E-state index in [1.54, 1.807) is 6.92 Å². The van der Waals surface area contributed by atoms with Crippen LogP contribution in [-0.4, -0.2) is 33.6 Å². The molecule has 0 aliphatic rings. The topological polar surface area (TPSA) is 96.6 Å². The first kappa shape index (κ1) is 15.9. The Kier molecular flexibility index (Phi) is 5.42. The molecule has 0 radical (unpaired) electrons. The number of nitro groups is 1. The maximum Gasteiger partial charge on any atom is 0.303 e. The van der Waals surface area contributed by atoms with E-state index in [0.717, 1.165) is 0 Å². The highest BCUT2D eigenvalue weighted by Gasteiger charge is 2.17. The van der Waals surface area contributed by atoms with Gasteiger partial charge in [-0.25, -0.2) is 4.98 Å². The van der Waals surface area contributed by atoms with E-state index < -0.39 is 10.9 Å². The molecule has 7 heteroatoms. The van der Waals surface area contributed by atoms with Gasteiger partial charge in [0.15, 0.2) is 0 Å². The number of aromatic nitrogens is 1. The molecule has 1 N–H and O–H groups in total. The quantitative estimate of drug-likeness (QED) is 0.608. The summed E-state index contributed by atoms with van der Waals surface area (Å²) in [6.45, 7) is 6.27. The number of carboxylic acid groups (broad SMARTS) is 1. The minimum absolute atomic E-state index is 0.0412. The molecular formula is C13H19N3O4. The van der Waals surface area contributed by atoms with Crippen LogP contribution in [0.3, 0.4) is 0 Å². The van der Waals surface area contributed by atoms with E-state index >= 15 is 0 Å². The van der Waals surface area contributed by atoms with Crippen LogP contribution >= 0.6 is 0 Å². The third kappa shape index (κ3) is 4.18. The lowest BCUT2D eigenvalue weighted by Gasteiger charge is -2.28. The zero-order valence-electron chi connectivity index (χ0n) is 11.9. The van der Waals surface area contributed by atoms with Crippen molar-refractivity contribution in [3.05, 3.63) is 27.9 Å². The average Bonchev–Trinajstić information content (AvgIpc) is 2.34. The Morgan fingerprint density at radius 3 is 2.65 bits per heavy atom. The number of aryl methyl sites for hydroxylation is 1. The van der Waals surface area contributed by atoms with E-state index in [0.29, 0.717) is 24.3 Å². The molecule has 0 spiro atoms. The molecule has 0 atom stereocenters. The summed E-state index contributed by atoms with van der Waals surface area (Å²) < 4.78 is 0. The van der Waals surface area contributed by atoms with Gasteiger partial charge in [0, 0.05) is 25.1 Å². The summed E-state index contributed by atoms with van der Waals surface area (Å²) in [5.41, 5.74) is 0.670. The maximum absolute atomic E-state index is 10.7. The van der Waals surface area contributed by atoms with E-state index in [4.69, 9.17) is 5.11 Å². The first-order valence-electron chi connectivity index (χ1n) is 6.42. The molecule has 0 saturated heterocycles. The van der Waals surface area contributed by atoms with Crippen LogP contribution in [0, 0.1) is 17.0 Å². The fraction of sp³-hybridized carbons (Fsp3) is 0.538. The molecule has 110 valence electrons. The fourth-order valence-corrected chi connectivity index (χ4v) is 1.96. The number of hydrogen-bond acceptors (Lipinski definition) is 5. The first-order chi connectivity index (χ1) is 9.32. The Hall–Kier alpha value is -2.18. The summed E-state index contributed by atoms with van der Waals surface area (Å²) in [6.07, 6.45) is 1.83. The Morgan fingerprint density at radius 2 is 2.20 bits per heavy atom. The Morgan fingerprint density at radius 1 is 1.55 bits per heavy atom. The number of hydrogen-bond donors (Lipinski definition) is 1. The van der Waals surface area contributed by atoms with Crippen LogP contribution in [-0.2, 0) is 4.79 Å². The van der Waals surface area contributed by atoms with Crippen molar-refractivity contribution in [1.29, 1.82) is 0 Å². The van der Waals surface area contributed by atoms with E-state index in [1.807, 2.05) is 18.7 Å². The van der Waals surface area contributed by atoms with Gasteiger partial charge in [0.25, 0.3) is 5.69 Å². The molecule has 0 amide bonds. The summed E-state index contributed by atoms with van der Waals surface area (Å²) in [4.78, 5) is 26.9. The van der Waals surface area contributed by atoms with Crippen LogP contribution in [0.4, 0.5) is 11.5 Å². The molecule has 0 unspecified atom stereocenters. The average molecular weight is 281 g/mol. The third-order valence-corrected chi connectivity index (χ3v) is 2.93. The van der Waals surface area contributed by atoms with Crippen molar-refractivity contribution in [3.63, 3.8) is 0 Å². The van der Waals surface area contributed by atoms with E-state index in [1.165, 1.54) is 12.3 Å². The second kappa shape index (κ2) is 6.83. The monoisotopic (exact) mass is 281 g/mol. The Bertz CT molecular complexity index is 502. The fourth-order valence-electron chi connectivity index (χ4n) is 1.96. The molecule has 1 aromatic rings.